The standard InChI is InChI=1S/C13H26N2.C7H8O3S/c1-4-5-6-7-8-9-10-15-12-11-14(3)13(15)2;1-6-2-4-7(5-3-6)11(8,9)10/h11-13H,4-10H2,1-3H3;2-5H,1H3,(H,8,9,10). The van der Waals surface area contributed by atoms with Gasteiger partial charge in [0.2, 0.25) is 0 Å². The maximum Gasteiger partial charge on any atom is 0.294 e. The van der Waals surface area contributed by atoms with Crippen molar-refractivity contribution in [2.45, 2.75) is 70.4 Å². The lowest BCUT2D eigenvalue weighted by molar-refractivity contribution is 0.192. The molecule has 5 nitrogen and oxygen atoms in total. The zero-order chi connectivity index (χ0) is 19.6. The maximum absolute atomic E-state index is 10.5. The number of nitrogens with zero attached hydrogens (tertiary/aromatic N) is 2. The first kappa shape index (κ1) is 22.5. The van der Waals surface area contributed by atoms with E-state index in [0.29, 0.717) is 6.17 Å². The molecule has 1 N–H and O–H groups in total. The third kappa shape index (κ3) is 8.23. The van der Waals surface area contributed by atoms with Crippen molar-refractivity contribution in [2.75, 3.05) is 13.6 Å². The van der Waals surface area contributed by atoms with Gasteiger partial charge in [0.05, 0.1) is 11.1 Å². The van der Waals surface area contributed by atoms with Gasteiger partial charge in [0, 0.05) is 26.0 Å². The molecular weight excluding hydrogens is 348 g/mol. The predicted molar refractivity (Wildman–Crippen MR) is 107 cm³/mol. The van der Waals surface area contributed by atoms with Gasteiger partial charge in [0.25, 0.3) is 10.1 Å². The van der Waals surface area contributed by atoms with Crippen molar-refractivity contribution < 1.29 is 13.0 Å². The Hall–Kier alpha value is -1.53. The SMILES string of the molecule is CCCCCCCCN1C=CN(C)C1C.Cc1ccc(S(=O)(=O)O)cc1. The summed E-state index contributed by atoms with van der Waals surface area (Å²) in [5, 5.41) is 0. The van der Waals surface area contributed by atoms with Crippen LogP contribution in [0.4, 0.5) is 0 Å². The first-order chi connectivity index (χ1) is 12.3. The van der Waals surface area contributed by atoms with E-state index in [4.69, 9.17) is 4.55 Å². The van der Waals surface area contributed by atoms with Gasteiger partial charge in [-0.25, -0.2) is 0 Å². The van der Waals surface area contributed by atoms with E-state index < -0.39 is 10.1 Å². The molecule has 2 rings (SSSR count). The summed E-state index contributed by atoms with van der Waals surface area (Å²) in [7, 11) is -1.88. The molecule has 0 amide bonds. The summed E-state index contributed by atoms with van der Waals surface area (Å²) in [6.07, 6.45) is 13.3. The zero-order valence-corrected chi connectivity index (χ0v) is 17.4. The Morgan fingerprint density at radius 3 is 2.08 bits per heavy atom. The molecule has 148 valence electrons. The van der Waals surface area contributed by atoms with Gasteiger partial charge in [-0.2, -0.15) is 8.42 Å². The second kappa shape index (κ2) is 11.2. The molecule has 0 aromatic heterocycles. The van der Waals surface area contributed by atoms with E-state index in [2.05, 4.69) is 43.1 Å². The fraction of sp³-hybridized carbons (Fsp3) is 0.600. The summed E-state index contributed by atoms with van der Waals surface area (Å²) in [5.41, 5.74) is 0.956. The van der Waals surface area contributed by atoms with E-state index in [1.54, 1.807) is 12.1 Å². The molecule has 0 radical (unpaired) electrons. The van der Waals surface area contributed by atoms with Crippen LogP contribution in [0.3, 0.4) is 0 Å². The fourth-order valence-electron chi connectivity index (χ4n) is 2.72. The molecular formula is C20H34N2O3S. The lowest BCUT2D eigenvalue weighted by Gasteiger charge is -2.26. The van der Waals surface area contributed by atoms with Crippen LogP contribution in [0.15, 0.2) is 41.6 Å². The highest BCUT2D eigenvalue weighted by Gasteiger charge is 2.17. The smallest absolute Gasteiger partial charge is 0.294 e. The molecule has 1 aromatic carbocycles. The van der Waals surface area contributed by atoms with E-state index in [1.807, 2.05) is 6.92 Å². The summed E-state index contributed by atoms with van der Waals surface area (Å²) in [6, 6.07) is 5.99. The van der Waals surface area contributed by atoms with Crippen LogP contribution in [-0.4, -0.2) is 42.5 Å². The molecule has 6 heteroatoms. The van der Waals surface area contributed by atoms with Crippen LogP contribution in [0, 0.1) is 6.92 Å². The number of hydrogen-bond donors (Lipinski definition) is 1. The lowest BCUT2D eigenvalue weighted by Crippen LogP contribution is -2.34. The average molecular weight is 383 g/mol. The second-order valence-electron chi connectivity index (χ2n) is 6.89. The lowest BCUT2D eigenvalue weighted by atomic mass is 10.1. The van der Waals surface area contributed by atoms with Crippen molar-refractivity contribution in [3.63, 3.8) is 0 Å². The largest absolute Gasteiger partial charge is 0.359 e. The summed E-state index contributed by atoms with van der Waals surface area (Å²) in [5.74, 6) is 0. The molecule has 26 heavy (non-hydrogen) atoms. The van der Waals surface area contributed by atoms with Gasteiger partial charge in [-0.3, -0.25) is 4.55 Å². The van der Waals surface area contributed by atoms with Gasteiger partial charge >= 0.3 is 0 Å². The molecule has 1 unspecified atom stereocenters. The molecule has 1 atom stereocenters. The Kier molecular flexibility index (Phi) is 9.73. The van der Waals surface area contributed by atoms with E-state index >= 15 is 0 Å². The topological polar surface area (TPSA) is 60.9 Å². The predicted octanol–water partition coefficient (Wildman–Crippen LogP) is 4.65. The normalized spacial score (nSPS) is 16.6. The number of benzene rings is 1. The van der Waals surface area contributed by atoms with Crippen LogP contribution < -0.4 is 0 Å². The number of unbranched alkanes of at least 4 members (excludes halogenated alkanes) is 5. The Bertz CT molecular complexity index is 642. The van der Waals surface area contributed by atoms with Crippen LogP contribution in [0.5, 0.6) is 0 Å². The molecule has 1 aliphatic heterocycles. The van der Waals surface area contributed by atoms with E-state index in [1.165, 1.54) is 57.2 Å². The fourth-order valence-corrected chi connectivity index (χ4v) is 3.20. The van der Waals surface area contributed by atoms with Crippen LogP contribution in [0.1, 0.15) is 57.9 Å². The number of rotatable bonds is 8. The van der Waals surface area contributed by atoms with Crippen molar-refractivity contribution in [2.24, 2.45) is 0 Å². The van der Waals surface area contributed by atoms with Crippen molar-refractivity contribution >= 4 is 10.1 Å². The first-order valence-corrected chi connectivity index (χ1v) is 10.9. The van der Waals surface area contributed by atoms with Crippen LogP contribution in [0.25, 0.3) is 0 Å². The third-order valence-electron chi connectivity index (χ3n) is 4.65. The highest BCUT2D eigenvalue weighted by Crippen LogP contribution is 2.14. The Labute approximate surface area is 159 Å². The van der Waals surface area contributed by atoms with Gasteiger partial charge in [-0.1, -0.05) is 56.7 Å². The average Bonchev–Trinajstić information content (AvgIpc) is 2.90. The van der Waals surface area contributed by atoms with E-state index in [-0.39, 0.29) is 4.90 Å². The second-order valence-corrected chi connectivity index (χ2v) is 8.31. The minimum absolute atomic E-state index is 0.0666. The highest BCUT2D eigenvalue weighted by molar-refractivity contribution is 7.85. The summed E-state index contributed by atoms with van der Waals surface area (Å²) in [6.45, 7) is 7.59. The molecule has 0 saturated carbocycles. The molecule has 0 aliphatic carbocycles. The summed E-state index contributed by atoms with van der Waals surface area (Å²) in [4.78, 5) is 4.62. The third-order valence-corrected chi connectivity index (χ3v) is 5.52. The monoisotopic (exact) mass is 382 g/mol. The van der Waals surface area contributed by atoms with Crippen molar-refractivity contribution in [1.82, 2.24) is 9.80 Å². The van der Waals surface area contributed by atoms with Crippen LogP contribution in [-0.2, 0) is 10.1 Å². The number of aryl methyl sites for hydroxylation is 1. The molecule has 1 heterocycles. The zero-order valence-electron chi connectivity index (χ0n) is 16.6. The van der Waals surface area contributed by atoms with Crippen molar-refractivity contribution in [3.05, 3.63) is 42.2 Å². The first-order valence-electron chi connectivity index (χ1n) is 9.46. The summed E-state index contributed by atoms with van der Waals surface area (Å²) >= 11 is 0. The Morgan fingerprint density at radius 2 is 1.58 bits per heavy atom. The van der Waals surface area contributed by atoms with Gasteiger partial charge in [0.1, 0.15) is 0 Å². The maximum atomic E-state index is 10.5. The van der Waals surface area contributed by atoms with Crippen molar-refractivity contribution in [1.29, 1.82) is 0 Å². The minimum atomic E-state index is -4.02. The van der Waals surface area contributed by atoms with E-state index in [9.17, 15) is 8.42 Å². The summed E-state index contributed by atoms with van der Waals surface area (Å²) < 4.78 is 29.6. The molecule has 0 spiro atoms. The molecule has 0 fully saturated rings. The van der Waals surface area contributed by atoms with Crippen LogP contribution >= 0.6 is 0 Å². The highest BCUT2D eigenvalue weighted by atomic mass is 32.2. The van der Waals surface area contributed by atoms with Gasteiger partial charge in [-0.05, 0) is 32.4 Å². The van der Waals surface area contributed by atoms with Crippen molar-refractivity contribution in [3.8, 4) is 0 Å². The molecule has 0 saturated heterocycles. The number of hydrogen-bond acceptors (Lipinski definition) is 4. The Balaban J connectivity index is 0.000000273. The van der Waals surface area contributed by atoms with E-state index in [0.717, 1.165) is 5.56 Å². The van der Waals surface area contributed by atoms with Gasteiger partial charge < -0.3 is 9.80 Å². The quantitative estimate of drug-likeness (QED) is 0.524. The molecule has 1 aliphatic rings. The molecule has 0 bridgehead atoms. The minimum Gasteiger partial charge on any atom is -0.359 e. The van der Waals surface area contributed by atoms with Gasteiger partial charge in [-0.15, -0.1) is 0 Å². The van der Waals surface area contributed by atoms with Crippen LogP contribution in [0.2, 0.25) is 0 Å². The molecule has 1 aromatic rings. The van der Waals surface area contributed by atoms with Gasteiger partial charge in [0.15, 0.2) is 0 Å². The Morgan fingerprint density at radius 1 is 1.00 bits per heavy atom.